The first-order chi connectivity index (χ1) is 11.0. The molecule has 0 radical (unpaired) electrons. The van der Waals surface area contributed by atoms with Crippen LogP contribution in [-0.4, -0.2) is 18.9 Å². The highest BCUT2D eigenvalue weighted by atomic mass is 19.1. The van der Waals surface area contributed by atoms with E-state index >= 15 is 0 Å². The zero-order valence-electron chi connectivity index (χ0n) is 12.8. The molecule has 2 aromatic rings. The first kappa shape index (κ1) is 16.5. The summed E-state index contributed by atoms with van der Waals surface area (Å²) in [6, 6.07) is 12.0. The van der Waals surface area contributed by atoms with Crippen LogP contribution in [0.15, 0.2) is 48.5 Å². The molecule has 2 aromatic carbocycles. The van der Waals surface area contributed by atoms with Crippen LogP contribution in [-0.2, 0) is 9.59 Å². The Balaban J connectivity index is 1.94. The van der Waals surface area contributed by atoms with Gasteiger partial charge in [-0.25, -0.2) is 4.39 Å². The summed E-state index contributed by atoms with van der Waals surface area (Å²) in [4.78, 5) is 23.7. The average molecular weight is 316 g/mol. The van der Waals surface area contributed by atoms with Crippen LogP contribution in [0.25, 0.3) is 0 Å². The molecule has 0 aliphatic carbocycles. The van der Waals surface area contributed by atoms with Gasteiger partial charge in [0, 0.05) is 5.69 Å². The van der Waals surface area contributed by atoms with E-state index < -0.39 is 17.6 Å². The van der Waals surface area contributed by atoms with Crippen molar-refractivity contribution < 1.29 is 18.7 Å². The molecule has 2 rings (SSSR count). The van der Waals surface area contributed by atoms with Gasteiger partial charge >= 0.3 is 11.8 Å². The molecule has 0 aromatic heterocycles. The fourth-order valence-corrected chi connectivity index (χ4v) is 1.96. The quantitative estimate of drug-likeness (QED) is 0.852. The van der Waals surface area contributed by atoms with Gasteiger partial charge in [-0.1, -0.05) is 12.1 Å². The van der Waals surface area contributed by atoms with Gasteiger partial charge in [-0.05, 0) is 48.9 Å². The molecule has 2 N–H and O–H groups in total. The number of hydrogen-bond acceptors (Lipinski definition) is 3. The van der Waals surface area contributed by atoms with Gasteiger partial charge in [0.25, 0.3) is 0 Å². The molecule has 6 heteroatoms. The number of amides is 2. The Bertz CT molecular complexity index is 684. The summed E-state index contributed by atoms with van der Waals surface area (Å²) in [7, 11) is 1.57. The van der Waals surface area contributed by atoms with Crippen molar-refractivity contribution in [1.29, 1.82) is 0 Å². The smallest absolute Gasteiger partial charge is 0.313 e. The van der Waals surface area contributed by atoms with Gasteiger partial charge in [0.15, 0.2) is 0 Å². The molecule has 0 aliphatic rings. The fourth-order valence-electron chi connectivity index (χ4n) is 1.96. The van der Waals surface area contributed by atoms with Gasteiger partial charge in [-0.15, -0.1) is 0 Å². The third-order valence-electron chi connectivity index (χ3n) is 3.27. The number of nitrogens with one attached hydrogen (secondary N) is 2. The van der Waals surface area contributed by atoms with Gasteiger partial charge in [0.2, 0.25) is 0 Å². The molecule has 0 heterocycles. The third-order valence-corrected chi connectivity index (χ3v) is 3.27. The van der Waals surface area contributed by atoms with Gasteiger partial charge in [-0.3, -0.25) is 9.59 Å². The Morgan fingerprint density at radius 1 is 1.00 bits per heavy atom. The molecule has 2 amide bonds. The molecule has 5 nitrogen and oxygen atoms in total. The molecule has 0 fully saturated rings. The lowest BCUT2D eigenvalue weighted by Crippen LogP contribution is -2.36. The first-order valence-corrected chi connectivity index (χ1v) is 7.01. The largest absolute Gasteiger partial charge is 0.497 e. The summed E-state index contributed by atoms with van der Waals surface area (Å²) in [5.74, 6) is -1.28. The topological polar surface area (TPSA) is 67.4 Å². The summed E-state index contributed by atoms with van der Waals surface area (Å²) in [5, 5.41) is 5.01. The van der Waals surface area contributed by atoms with E-state index in [1.54, 1.807) is 26.2 Å². The molecule has 0 saturated carbocycles. The van der Waals surface area contributed by atoms with Gasteiger partial charge in [0.1, 0.15) is 11.6 Å². The number of methoxy groups -OCH3 is 1. The van der Waals surface area contributed by atoms with Crippen LogP contribution in [0.4, 0.5) is 10.1 Å². The maximum absolute atomic E-state index is 12.8. The number of anilines is 1. The van der Waals surface area contributed by atoms with Crippen molar-refractivity contribution in [3.63, 3.8) is 0 Å². The number of halogens is 1. The minimum absolute atomic E-state index is 0.340. The van der Waals surface area contributed by atoms with Crippen LogP contribution >= 0.6 is 0 Å². The molecular weight excluding hydrogens is 299 g/mol. The monoisotopic (exact) mass is 316 g/mol. The molecule has 0 saturated heterocycles. The predicted octanol–water partition coefficient (Wildman–Crippen LogP) is 2.65. The Morgan fingerprint density at radius 2 is 1.61 bits per heavy atom. The van der Waals surface area contributed by atoms with E-state index in [4.69, 9.17) is 4.74 Å². The minimum Gasteiger partial charge on any atom is -0.497 e. The van der Waals surface area contributed by atoms with Crippen LogP contribution < -0.4 is 15.4 Å². The van der Waals surface area contributed by atoms with E-state index in [9.17, 15) is 14.0 Å². The summed E-state index contributed by atoms with van der Waals surface area (Å²) in [5.41, 5.74) is 1.19. The third kappa shape index (κ3) is 4.54. The SMILES string of the molecule is COc1ccc(C(C)NC(=O)C(=O)Nc2ccc(F)cc2)cc1. The molecule has 23 heavy (non-hydrogen) atoms. The second-order valence-corrected chi connectivity index (χ2v) is 4.93. The second kappa shape index (κ2) is 7.40. The lowest BCUT2D eigenvalue weighted by atomic mass is 10.1. The number of benzene rings is 2. The van der Waals surface area contributed by atoms with Crippen LogP contribution in [0.2, 0.25) is 0 Å². The van der Waals surface area contributed by atoms with Crippen molar-refractivity contribution in [3.8, 4) is 5.75 Å². The summed E-state index contributed by atoms with van der Waals surface area (Å²) in [6.07, 6.45) is 0. The Morgan fingerprint density at radius 3 is 2.17 bits per heavy atom. The van der Waals surface area contributed by atoms with Gasteiger partial charge < -0.3 is 15.4 Å². The number of ether oxygens (including phenoxy) is 1. The van der Waals surface area contributed by atoms with Crippen LogP contribution in [0.5, 0.6) is 5.75 Å². The van der Waals surface area contributed by atoms with Crippen molar-refractivity contribution in [2.45, 2.75) is 13.0 Å². The number of carbonyl (C=O) groups excluding carboxylic acids is 2. The zero-order valence-corrected chi connectivity index (χ0v) is 12.8. The van der Waals surface area contributed by atoms with E-state index in [0.717, 1.165) is 5.56 Å². The Kier molecular flexibility index (Phi) is 5.30. The van der Waals surface area contributed by atoms with E-state index in [-0.39, 0.29) is 6.04 Å². The van der Waals surface area contributed by atoms with Crippen molar-refractivity contribution in [3.05, 3.63) is 59.9 Å². The fraction of sp³-hybridized carbons (Fsp3) is 0.176. The van der Waals surface area contributed by atoms with Crippen molar-refractivity contribution in [2.75, 3.05) is 12.4 Å². The second-order valence-electron chi connectivity index (χ2n) is 4.93. The summed E-state index contributed by atoms with van der Waals surface area (Å²) >= 11 is 0. The Hall–Kier alpha value is -2.89. The highest BCUT2D eigenvalue weighted by Crippen LogP contribution is 2.17. The molecule has 0 aliphatic heterocycles. The molecule has 1 atom stereocenters. The number of carbonyl (C=O) groups is 2. The van der Waals surface area contributed by atoms with E-state index in [1.165, 1.54) is 24.3 Å². The van der Waals surface area contributed by atoms with Crippen LogP contribution in [0.1, 0.15) is 18.5 Å². The van der Waals surface area contributed by atoms with E-state index in [2.05, 4.69) is 10.6 Å². The molecule has 0 spiro atoms. The molecule has 1 unspecified atom stereocenters. The van der Waals surface area contributed by atoms with Crippen LogP contribution in [0.3, 0.4) is 0 Å². The average Bonchev–Trinajstić information content (AvgIpc) is 2.56. The highest BCUT2D eigenvalue weighted by Gasteiger charge is 2.17. The highest BCUT2D eigenvalue weighted by molar-refractivity contribution is 6.39. The first-order valence-electron chi connectivity index (χ1n) is 7.01. The van der Waals surface area contributed by atoms with Crippen LogP contribution in [0, 0.1) is 5.82 Å². The molecule has 120 valence electrons. The summed E-state index contributed by atoms with van der Waals surface area (Å²) in [6.45, 7) is 1.77. The molecular formula is C17H17FN2O3. The van der Waals surface area contributed by atoms with Gasteiger partial charge in [-0.2, -0.15) is 0 Å². The standard InChI is InChI=1S/C17H17FN2O3/c1-11(12-3-9-15(23-2)10-4-12)19-16(21)17(22)20-14-7-5-13(18)6-8-14/h3-11H,1-2H3,(H,19,21)(H,20,22). The van der Waals surface area contributed by atoms with Gasteiger partial charge in [0.05, 0.1) is 13.2 Å². The minimum atomic E-state index is -0.808. The van der Waals surface area contributed by atoms with E-state index in [0.29, 0.717) is 11.4 Å². The lowest BCUT2D eigenvalue weighted by molar-refractivity contribution is -0.136. The van der Waals surface area contributed by atoms with Crippen molar-refractivity contribution in [1.82, 2.24) is 5.32 Å². The van der Waals surface area contributed by atoms with E-state index in [1.807, 2.05) is 12.1 Å². The number of hydrogen-bond donors (Lipinski definition) is 2. The van der Waals surface area contributed by atoms with Crippen molar-refractivity contribution in [2.24, 2.45) is 0 Å². The number of rotatable bonds is 4. The molecule has 0 bridgehead atoms. The summed E-state index contributed by atoms with van der Waals surface area (Å²) < 4.78 is 17.9. The zero-order chi connectivity index (χ0) is 16.8. The Labute approximate surface area is 133 Å². The van der Waals surface area contributed by atoms with Crippen molar-refractivity contribution >= 4 is 17.5 Å². The normalized spacial score (nSPS) is 11.4. The predicted molar refractivity (Wildman–Crippen MR) is 84.6 cm³/mol. The maximum Gasteiger partial charge on any atom is 0.313 e. The maximum atomic E-state index is 12.8. The lowest BCUT2D eigenvalue weighted by Gasteiger charge is -2.14.